The topological polar surface area (TPSA) is 0 Å². The summed E-state index contributed by atoms with van der Waals surface area (Å²) in [6.45, 7) is 26.2. The molecular weight excluding hydrogens is 694 g/mol. The van der Waals surface area contributed by atoms with Crippen LogP contribution in [0.25, 0.3) is 0 Å². The maximum absolute atomic E-state index is 2.79. The summed E-state index contributed by atoms with van der Waals surface area (Å²) in [5.41, 5.74) is 1.74. The van der Waals surface area contributed by atoms with Crippen LogP contribution in [0.4, 0.5) is 0 Å². The second-order valence-electron chi connectivity index (χ2n) is 14.8. The first kappa shape index (κ1) is 32.2. The van der Waals surface area contributed by atoms with Crippen LogP contribution in [0.3, 0.4) is 0 Å². The molecule has 6 rings (SSSR count). The van der Waals surface area contributed by atoms with E-state index in [1.807, 2.05) is 3.33 Å². The summed E-state index contributed by atoms with van der Waals surface area (Å²) in [6.07, 6.45) is 36.1. The van der Waals surface area contributed by atoms with E-state index >= 15 is 0 Å². The van der Waals surface area contributed by atoms with Crippen molar-refractivity contribution in [3.63, 3.8) is 0 Å². The van der Waals surface area contributed by atoms with Crippen molar-refractivity contribution in [2.75, 3.05) is 0 Å². The summed E-state index contributed by atoms with van der Waals surface area (Å²) in [6, 6.07) is 0. The Balaban J connectivity index is 0.00000185. The van der Waals surface area contributed by atoms with E-state index in [1.54, 1.807) is 8.83 Å². The van der Waals surface area contributed by atoms with Gasteiger partial charge in [-0.1, -0.05) is 0 Å². The van der Waals surface area contributed by atoms with Gasteiger partial charge in [-0.2, -0.15) is 0 Å². The first-order valence-electron chi connectivity index (χ1n) is 14.9. The fraction of sp³-hybridized carbons (Fsp3) is 0.541. The van der Waals surface area contributed by atoms with Crippen LogP contribution in [0.2, 0.25) is 3.67 Å². The minimum absolute atomic E-state index is 0. The third kappa shape index (κ3) is 3.02. The van der Waals surface area contributed by atoms with Gasteiger partial charge in [0.1, 0.15) is 0 Å². The predicted octanol–water partition coefficient (Wildman–Crippen LogP) is 3.91. The second kappa shape index (κ2) is 9.62. The van der Waals surface area contributed by atoms with Gasteiger partial charge in [-0.05, 0) is 0 Å². The molecule has 0 bridgehead atoms. The fourth-order valence-corrected chi connectivity index (χ4v) is 27.0. The van der Waals surface area contributed by atoms with Gasteiger partial charge in [-0.15, -0.1) is 0 Å². The van der Waals surface area contributed by atoms with Crippen molar-refractivity contribution >= 4 is 3.26 Å². The molecule has 2 saturated carbocycles. The normalized spacial score (nSPS) is 48.4. The molecule has 0 nitrogen and oxygen atoms in total. The molecule has 0 aromatic rings. The molecule has 214 valence electrons. The van der Waals surface area contributed by atoms with Crippen molar-refractivity contribution in [1.82, 2.24) is 0 Å². The third-order valence-electron chi connectivity index (χ3n) is 14.5. The number of rotatable bonds is 2. The Hall–Kier alpha value is -0.760. The molecule has 6 aliphatic carbocycles. The van der Waals surface area contributed by atoms with Crippen LogP contribution in [-0.2, 0) is 21.0 Å². The Kier molecular flexibility index (Phi) is 7.74. The quantitative estimate of drug-likeness (QED) is 0.377. The first-order chi connectivity index (χ1) is 17.7. The van der Waals surface area contributed by atoms with E-state index in [0.29, 0.717) is 9.59 Å². The molecule has 0 aromatic heterocycles. The van der Waals surface area contributed by atoms with E-state index in [-0.39, 0.29) is 62.7 Å². The van der Waals surface area contributed by atoms with E-state index in [0.717, 1.165) is 0 Å². The smallest absolute Gasteiger partial charge is 1.00 e. The molecule has 0 saturated heterocycles. The van der Waals surface area contributed by atoms with Crippen LogP contribution in [-0.4, -0.2) is 3.26 Å². The molecule has 9 unspecified atom stereocenters. The minimum Gasteiger partial charge on any atom is -1.00 e. The average molecular weight is 742 g/mol. The number of hydrogen-bond donors (Lipinski definition) is 0. The van der Waals surface area contributed by atoms with Gasteiger partial charge in [0.05, 0.1) is 0 Å². The maximum Gasteiger partial charge on any atom is -1.00 e. The molecule has 0 aliphatic heterocycles. The Morgan fingerprint density at radius 3 is 1.75 bits per heavy atom. The fourth-order valence-electron chi connectivity index (χ4n) is 11.7. The molecule has 2 fully saturated rings. The van der Waals surface area contributed by atoms with Crippen molar-refractivity contribution in [2.45, 2.75) is 79.3 Å². The Labute approximate surface area is 264 Å². The molecule has 0 radical (unpaired) electrons. The van der Waals surface area contributed by atoms with Crippen molar-refractivity contribution in [2.24, 2.45) is 43.8 Å². The monoisotopic (exact) mass is 742 g/mol. The summed E-state index contributed by atoms with van der Waals surface area (Å²) >= 11 is -2.52. The second-order valence-corrected chi connectivity index (χ2v) is 25.9. The van der Waals surface area contributed by atoms with Gasteiger partial charge in [0, 0.05) is 0 Å². The van der Waals surface area contributed by atoms with Gasteiger partial charge < -0.3 is 24.8 Å². The maximum atomic E-state index is 2.79. The number of fused-ring (bicyclic) bond motifs is 8. The summed E-state index contributed by atoms with van der Waals surface area (Å²) in [7, 11) is 0. The van der Waals surface area contributed by atoms with Crippen molar-refractivity contribution in [3.8, 4) is 0 Å². The molecule has 9 atom stereocenters. The summed E-state index contributed by atoms with van der Waals surface area (Å²) in [5, 5.41) is 0. The standard InChI is InChI=1S/C29H37.C5H5.C3H6.2ClH.Hf/c1-21-14-13-15-22-20-27(6)25(4)18-10-9-16-23(25,2)24(3)17-11-12-19-26(24,5)29(27,8)28(21,22)7;1-2-4-5-3-1;1-3-2;;;/h9-20,22H,1-8H3;1-3H,4H2;1-2H3;2*1H;/q;;;;;+2/p-2. The zero-order valence-corrected chi connectivity index (χ0v) is 31.3. The van der Waals surface area contributed by atoms with Gasteiger partial charge in [-0.3, -0.25) is 0 Å². The molecule has 40 heavy (non-hydrogen) atoms. The van der Waals surface area contributed by atoms with Crippen molar-refractivity contribution < 1.29 is 45.8 Å². The molecule has 6 aliphatic rings. The molecular formula is C37H48Cl2Hf. The van der Waals surface area contributed by atoms with Crippen LogP contribution in [0, 0.1) is 43.8 Å². The predicted molar refractivity (Wildman–Crippen MR) is 162 cm³/mol. The number of halogens is 2. The molecule has 0 aromatic carbocycles. The summed E-state index contributed by atoms with van der Waals surface area (Å²) < 4.78 is 4.30. The van der Waals surface area contributed by atoms with E-state index in [1.165, 1.54) is 6.42 Å². The van der Waals surface area contributed by atoms with E-state index in [4.69, 9.17) is 0 Å². The van der Waals surface area contributed by atoms with E-state index in [2.05, 4.69) is 154 Å². The van der Waals surface area contributed by atoms with E-state index < -0.39 is 21.0 Å². The molecule has 0 spiro atoms. The van der Waals surface area contributed by atoms with Gasteiger partial charge in [-0.25, -0.2) is 0 Å². The van der Waals surface area contributed by atoms with E-state index in [9.17, 15) is 0 Å². The van der Waals surface area contributed by atoms with Gasteiger partial charge in [0.2, 0.25) is 0 Å². The molecule has 0 heterocycles. The average Bonchev–Trinajstić information content (AvgIpc) is 3.45. The third-order valence-corrected chi connectivity index (χ3v) is 27.8. The van der Waals surface area contributed by atoms with Gasteiger partial charge in [0.25, 0.3) is 0 Å². The summed E-state index contributed by atoms with van der Waals surface area (Å²) in [5.74, 6) is 0.556. The minimum atomic E-state index is -2.52. The molecule has 0 N–H and O–H groups in total. The molecule has 3 heteroatoms. The largest absolute Gasteiger partial charge is 1.00 e. The number of hydrogen-bond acceptors (Lipinski definition) is 0. The summed E-state index contributed by atoms with van der Waals surface area (Å²) in [4.78, 5) is 0. The van der Waals surface area contributed by atoms with Crippen LogP contribution in [0.1, 0.15) is 75.7 Å². The van der Waals surface area contributed by atoms with Crippen LogP contribution in [0.5, 0.6) is 0 Å². The first-order valence-corrected chi connectivity index (χ1v) is 20.5. The van der Waals surface area contributed by atoms with Crippen LogP contribution >= 0.6 is 0 Å². The number of allylic oxidation sites excluding steroid dienone is 16. The van der Waals surface area contributed by atoms with Crippen LogP contribution < -0.4 is 24.8 Å². The van der Waals surface area contributed by atoms with Crippen molar-refractivity contribution in [1.29, 1.82) is 0 Å². The van der Waals surface area contributed by atoms with Crippen LogP contribution in [0.15, 0.2) is 94.0 Å². The zero-order chi connectivity index (χ0) is 27.6. The Morgan fingerprint density at radius 2 is 1.23 bits per heavy atom. The Bertz CT molecular complexity index is 1400. The Morgan fingerprint density at radius 1 is 0.700 bits per heavy atom. The van der Waals surface area contributed by atoms with Gasteiger partial charge >= 0.3 is 241 Å². The SMILES string of the molecule is CC1=CC=CC2[CH]([Hf+2]([C]3=CC=CC3)=[C](C)C)C3(C)C4(C)C=CC=CC4(C)C4(C)C=CC=CC4(C)C3(C)C12C.[Cl-].[Cl-]. The molecule has 0 amide bonds. The van der Waals surface area contributed by atoms with Gasteiger partial charge in [0.15, 0.2) is 0 Å². The van der Waals surface area contributed by atoms with Crippen molar-refractivity contribution in [3.05, 3.63) is 94.0 Å². The zero-order valence-electron chi connectivity index (χ0n) is 26.2.